The zero-order chi connectivity index (χ0) is 12.5. The molecule has 0 fully saturated rings. The Balaban J connectivity index is 2.05. The summed E-state index contributed by atoms with van der Waals surface area (Å²) in [6, 6.07) is 5.24. The molecule has 0 aliphatic rings. The molecule has 3 heterocycles. The van der Waals surface area contributed by atoms with Crippen LogP contribution in [0.25, 0.3) is 22.3 Å². The molecule has 0 atom stereocenters. The summed E-state index contributed by atoms with van der Waals surface area (Å²) in [5, 5.41) is 15.2. The van der Waals surface area contributed by atoms with E-state index in [4.69, 9.17) is 4.52 Å². The number of thiophene rings is 1. The topological polar surface area (TPSA) is 72.0 Å². The summed E-state index contributed by atoms with van der Waals surface area (Å²) < 4.78 is 5.91. The molecule has 0 unspecified atom stereocenters. The number of aromatic hydroxyl groups is 1. The summed E-state index contributed by atoms with van der Waals surface area (Å²) >= 11 is 4.71. The third-order valence-corrected chi connectivity index (χ3v) is 3.77. The first kappa shape index (κ1) is 11.4. The fraction of sp³-hybridized carbons (Fsp3) is 0. The van der Waals surface area contributed by atoms with Crippen molar-refractivity contribution in [1.82, 2.24) is 15.1 Å². The maximum atomic E-state index is 9.60. The first-order chi connectivity index (χ1) is 8.75. The Morgan fingerprint density at radius 1 is 1.33 bits per heavy atom. The second kappa shape index (κ2) is 4.51. The Bertz CT molecular complexity index is 695. The second-order valence-electron chi connectivity index (χ2n) is 3.39. The summed E-state index contributed by atoms with van der Waals surface area (Å²) in [6.45, 7) is 0. The molecule has 3 aromatic rings. The van der Waals surface area contributed by atoms with E-state index in [0.29, 0.717) is 16.4 Å². The molecule has 18 heavy (non-hydrogen) atoms. The van der Waals surface area contributed by atoms with Gasteiger partial charge in [0, 0.05) is 10.7 Å². The molecule has 0 bridgehead atoms. The Kier molecular flexibility index (Phi) is 2.85. The van der Waals surface area contributed by atoms with E-state index in [2.05, 4.69) is 31.1 Å². The fourth-order valence-electron chi connectivity index (χ4n) is 1.42. The molecule has 0 aromatic carbocycles. The van der Waals surface area contributed by atoms with Gasteiger partial charge in [0.1, 0.15) is 16.3 Å². The van der Waals surface area contributed by atoms with E-state index < -0.39 is 0 Å². The molecule has 0 saturated heterocycles. The Morgan fingerprint density at radius 3 is 2.94 bits per heavy atom. The molecule has 0 saturated carbocycles. The lowest BCUT2D eigenvalue weighted by molar-refractivity contribution is 0.427. The van der Waals surface area contributed by atoms with Crippen LogP contribution in [-0.2, 0) is 0 Å². The largest absolute Gasteiger partial charge is 0.506 e. The molecule has 5 nitrogen and oxygen atoms in total. The number of aromatic nitrogens is 3. The lowest BCUT2D eigenvalue weighted by Crippen LogP contribution is -1.86. The second-order valence-corrected chi connectivity index (χ2v) is 5.16. The van der Waals surface area contributed by atoms with Crippen LogP contribution in [-0.4, -0.2) is 20.2 Å². The van der Waals surface area contributed by atoms with Crippen LogP contribution in [0.4, 0.5) is 0 Å². The van der Waals surface area contributed by atoms with Crippen LogP contribution in [0.2, 0.25) is 0 Å². The fourth-order valence-corrected chi connectivity index (χ4v) is 2.56. The van der Waals surface area contributed by atoms with Gasteiger partial charge >= 0.3 is 0 Å². The van der Waals surface area contributed by atoms with Gasteiger partial charge in [-0.3, -0.25) is 4.98 Å². The van der Waals surface area contributed by atoms with Crippen molar-refractivity contribution in [3.8, 4) is 28.0 Å². The molecule has 0 aliphatic carbocycles. The maximum Gasteiger partial charge on any atom is 0.272 e. The van der Waals surface area contributed by atoms with E-state index in [1.807, 2.05) is 6.07 Å². The molecule has 1 N–H and O–H groups in total. The van der Waals surface area contributed by atoms with Crippen LogP contribution in [0.1, 0.15) is 0 Å². The molecule has 0 spiro atoms. The number of halogens is 1. The molecule has 90 valence electrons. The zero-order valence-electron chi connectivity index (χ0n) is 8.87. The van der Waals surface area contributed by atoms with Crippen molar-refractivity contribution >= 4 is 27.3 Å². The Labute approximate surface area is 114 Å². The predicted molar refractivity (Wildman–Crippen MR) is 70.2 cm³/mol. The highest BCUT2D eigenvalue weighted by Crippen LogP contribution is 2.34. The van der Waals surface area contributed by atoms with Gasteiger partial charge < -0.3 is 9.63 Å². The summed E-state index contributed by atoms with van der Waals surface area (Å²) in [5.41, 5.74) is 0.601. The van der Waals surface area contributed by atoms with Gasteiger partial charge in [0.2, 0.25) is 5.82 Å². The molecule has 0 amide bonds. The number of rotatable bonds is 2. The van der Waals surface area contributed by atoms with Gasteiger partial charge in [0.05, 0.1) is 0 Å². The number of hydrogen-bond acceptors (Lipinski definition) is 6. The SMILES string of the molecule is Oc1ccsc1-c1nc(-c2ncccc2Br)no1. The third-order valence-electron chi connectivity index (χ3n) is 2.23. The highest BCUT2D eigenvalue weighted by molar-refractivity contribution is 9.10. The normalized spacial score (nSPS) is 10.7. The Hall–Kier alpha value is -1.73. The average molecular weight is 324 g/mol. The van der Waals surface area contributed by atoms with Crippen molar-refractivity contribution in [2.45, 2.75) is 0 Å². The monoisotopic (exact) mass is 323 g/mol. The van der Waals surface area contributed by atoms with Crippen LogP contribution in [0, 0.1) is 0 Å². The zero-order valence-corrected chi connectivity index (χ0v) is 11.3. The van der Waals surface area contributed by atoms with Crippen molar-refractivity contribution in [1.29, 1.82) is 0 Å². The van der Waals surface area contributed by atoms with Gasteiger partial charge in [-0.1, -0.05) is 5.16 Å². The quantitative estimate of drug-likeness (QED) is 0.783. The molecule has 7 heteroatoms. The minimum Gasteiger partial charge on any atom is -0.506 e. The molecular formula is C11H6BrN3O2S. The third kappa shape index (κ3) is 1.91. The minimum absolute atomic E-state index is 0.135. The first-order valence-corrected chi connectivity index (χ1v) is 6.64. The number of hydrogen-bond donors (Lipinski definition) is 1. The van der Waals surface area contributed by atoms with E-state index in [9.17, 15) is 5.11 Å². The standard InChI is InChI=1S/C11H6BrN3O2S/c12-6-2-1-4-13-8(6)10-14-11(17-15-10)9-7(16)3-5-18-9/h1-5,16H. The van der Waals surface area contributed by atoms with Gasteiger partial charge in [0.15, 0.2) is 0 Å². The van der Waals surface area contributed by atoms with Gasteiger partial charge in [-0.2, -0.15) is 4.98 Å². The summed E-state index contributed by atoms with van der Waals surface area (Å²) in [7, 11) is 0. The average Bonchev–Trinajstić information content (AvgIpc) is 2.98. The van der Waals surface area contributed by atoms with Crippen LogP contribution >= 0.6 is 27.3 Å². The smallest absolute Gasteiger partial charge is 0.272 e. The van der Waals surface area contributed by atoms with Gasteiger partial charge in [-0.05, 0) is 39.5 Å². The van der Waals surface area contributed by atoms with E-state index in [0.717, 1.165) is 4.47 Å². The molecule has 0 aliphatic heterocycles. The predicted octanol–water partition coefficient (Wildman–Crippen LogP) is 3.33. The van der Waals surface area contributed by atoms with E-state index in [1.165, 1.54) is 11.3 Å². The molecule has 0 radical (unpaired) electrons. The summed E-state index contributed by atoms with van der Waals surface area (Å²) in [4.78, 5) is 8.96. The number of nitrogens with zero attached hydrogens (tertiary/aromatic N) is 3. The van der Waals surface area contributed by atoms with E-state index in [-0.39, 0.29) is 11.6 Å². The van der Waals surface area contributed by atoms with Crippen molar-refractivity contribution in [2.75, 3.05) is 0 Å². The first-order valence-electron chi connectivity index (χ1n) is 4.97. The van der Waals surface area contributed by atoms with Crippen LogP contribution in [0.3, 0.4) is 0 Å². The van der Waals surface area contributed by atoms with Gasteiger partial charge in [0.25, 0.3) is 5.89 Å². The highest BCUT2D eigenvalue weighted by Gasteiger charge is 2.17. The maximum absolute atomic E-state index is 9.60. The Morgan fingerprint density at radius 2 is 2.22 bits per heavy atom. The van der Waals surface area contributed by atoms with Crippen LogP contribution < -0.4 is 0 Å². The van der Waals surface area contributed by atoms with Crippen LogP contribution in [0.15, 0.2) is 38.8 Å². The minimum atomic E-state index is 0.135. The number of pyridine rings is 1. The lowest BCUT2D eigenvalue weighted by atomic mass is 10.3. The van der Waals surface area contributed by atoms with E-state index >= 15 is 0 Å². The van der Waals surface area contributed by atoms with Crippen molar-refractivity contribution in [3.05, 3.63) is 34.2 Å². The van der Waals surface area contributed by atoms with Crippen molar-refractivity contribution in [2.24, 2.45) is 0 Å². The van der Waals surface area contributed by atoms with Gasteiger partial charge in [-0.25, -0.2) is 0 Å². The summed E-state index contributed by atoms with van der Waals surface area (Å²) in [6.07, 6.45) is 1.65. The highest BCUT2D eigenvalue weighted by atomic mass is 79.9. The molecule has 3 rings (SSSR count). The van der Waals surface area contributed by atoms with Crippen molar-refractivity contribution in [3.63, 3.8) is 0 Å². The van der Waals surface area contributed by atoms with Crippen molar-refractivity contribution < 1.29 is 9.63 Å². The summed E-state index contributed by atoms with van der Waals surface area (Å²) in [5.74, 6) is 0.801. The van der Waals surface area contributed by atoms with Gasteiger partial charge in [-0.15, -0.1) is 11.3 Å². The molecular weight excluding hydrogens is 318 g/mol. The van der Waals surface area contributed by atoms with Crippen LogP contribution in [0.5, 0.6) is 5.75 Å². The lowest BCUT2D eigenvalue weighted by Gasteiger charge is -1.95. The molecule has 3 aromatic heterocycles. The van der Waals surface area contributed by atoms with E-state index in [1.54, 1.807) is 23.7 Å².